The van der Waals surface area contributed by atoms with Crippen molar-refractivity contribution in [1.29, 1.82) is 0 Å². The van der Waals surface area contributed by atoms with Crippen molar-refractivity contribution in [1.82, 2.24) is 9.97 Å². The molecule has 1 aromatic carbocycles. The van der Waals surface area contributed by atoms with E-state index in [1.165, 1.54) is 0 Å². The largest absolute Gasteiger partial charge is 0.370 e. The van der Waals surface area contributed by atoms with E-state index in [0.717, 1.165) is 0 Å². The fourth-order valence-corrected chi connectivity index (χ4v) is 1.29. The number of nitrogens with zero attached hydrogens (tertiary/aromatic N) is 1. The summed E-state index contributed by atoms with van der Waals surface area (Å²) in [5, 5.41) is 2.55. The Morgan fingerprint density at radius 1 is 1.29 bits per heavy atom. The summed E-state index contributed by atoms with van der Waals surface area (Å²) in [4.78, 5) is 6.42. The minimum atomic E-state index is -3.93. The molecule has 2 rings (SSSR count). The summed E-state index contributed by atoms with van der Waals surface area (Å²) >= 11 is 0. The lowest BCUT2D eigenvalue weighted by molar-refractivity contribution is 0.485. The molecule has 0 aliphatic heterocycles. The number of H-pyrrole nitrogens is 1. The molecule has 0 spiro atoms. The highest BCUT2D eigenvalue weighted by Gasteiger charge is 2.01. The minimum absolute atomic E-state index is 0.461. The van der Waals surface area contributed by atoms with E-state index in [9.17, 15) is 8.42 Å². The van der Waals surface area contributed by atoms with Gasteiger partial charge in [0.2, 0.25) is 0 Å². The fourth-order valence-electron chi connectivity index (χ4n) is 0.946. The van der Waals surface area contributed by atoms with Crippen LogP contribution in [0.2, 0.25) is 0 Å². The third-order valence-corrected chi connectivity index (χ3v) is 2.15. The van der Waals surface area contributed by atoms with Crippen molar-refractivity contribution in [2.45, 2.75) is 0 Å². The van der Waals surface area contributed by atoms with Crippen LogP contribution in [-0.4, -0.2) is 28.8 Å². The molecule has 0 aliphatic rings. The summed E-state index contributed by atoms with van der Waals surface area (Å²) in [6.45, 7) is 0. The van der Waals surface area contributed by atoms with Gasteiger partial charge in [-0.3, -0.25) is 4.55 Å². The van der Waals surface area contributed by atoms with Crippen LogP contribution in [-0.2, 0) is 10.1 Å². The van der Waals surface area contributed by atoms with Gasteiger partial charge in [-0.1, -0.05) is 18.2 Å². The van der Waals surface area contributed by atoms with Crippen molar-refractivity contribution < 1.29 is 13.0 Å². The first-order valence-electron chi connectivity index (χ1n) is 4.75. The third-order valence-electron chi connectivity index (χ3n) is 1.64. The molecular formula is C10H13N3O3S. The molecule has 0 atom stereocenters. The van der Waals surface area contributed by atoms with Gasteiger partial charge in [-0.2, -0.15) is 8.42 Å². The molecule has 0 bridgehead atoms. The normalized spacial score (nSPS) is 10.2. The van der Waals surface area contributed by atoms with Crippen LogP contribution in [0.5, 0.6) is 0 Å². The lowest BCUT2D eigenvalue weighted by Crippen LogP contribution is -2.12. The van der Waals surface area contributed by atoms with Gasteiger partial charge in [0.25, 0.3) is 10.1 Å². The van der Waals surface area contributed by atoms with Crippen LogP contribution in [0.25, 0.3) is 0 Å². The van der Waals surface area contributed by atoms with Crippen LogP contribution >= 0.6 is 0 Å². The summed E-state index contributed by atoms with van der Waals surface area (Å²) in [6, 6.07) is 8.79. The van der Waals surface area contributed by atoms with Gasteiger partial charge in [-0.05, 0) is 12.1 Å². The van der Waals surface area contributed by atoms with E-state index in [2.05, 4.69) is 15.3 Å². The molecule has 6 nitrogen and oxygen atoms in total. The summed E-state index contributed by atoms with van der Waals surface area (Å²) in [5.74, 6) is -0.461. The molecule has 17 heavy (non-hydrogen) atoms. The molecule has 0 fully saturated rings. The Morgan fingerprint density at radius 3 is 2.41 bits per heavy atom. The Balaban J connectivity index is 0.000000239. The first kappa shape index (κ1) is 13.2. The van der Waals surface area contributed by atoms with Gasteiger partial charge in [-0.15, -0.1) is 0 Å². The van der Waals surface area contributed by atoms with E-state index < -0.39 is 16.0 Å². The van der Waals surface area contributed by atoms with Crippen molar-refractivity contribution >= 4 is 15.8 Å². The molecular weight excluding hydrogens is 242 g/mol. The Kier molecular flexibility index (Phi) is 5.18. The molecule has 1 aromatic heterocycles. The van der Waals surface area contributed by atoms with Crippen LogP contribution in [0.3, 0.4) is 0 Å². The number of benzene rings is 1. The molecule has 0 saturated heterocycles. The first-order chi connectivity index (χ1) is 8.08. The maximum atomic E-state index is 10.3. The second-order valence-corrected chi connectivity index (χ2v) is 4.48. The number of para-hydroxylation sites is 1. The van der Waals surface area contributed by atoms with Crippen molar-refractivity contribution in [3.63, 3.8) is 0 Å². The molecule has 3 N–H and O–H groups in total. The Bertz CT molecular complexity index is 480. The topological polar surface area (TPSA) is 95.1 Å². The molecule has 92 valence electrons. The van der Waals surface area contributed by atoms with Crippen LogP contribution in [0.15, 0.2) is 49.1 Å². The number of anilines is 1. The van der Waals surface area contributed by atoms with Gasteiger partial charge < -0.3 is 10.3 Å². The van der Waals surface area contributed by atoms with Crippen molar-refractivity contribution in [2.75, 3.05) is 11.2 Å². The number of rotatable bonds is 3. The molecule has 2 aromatic rings. The first-order valence-corrected chi connectivity index (χ1v) is 6.36. The Hall–Kier alpha value is -1.86. The SMILES string of the molecule is O=S(=O)(O)CNc1ccccc1.c1c[nH]cn1. The summed E-state index contributed by atoms with van der Waals surface area (Å²) in [7, 11) is -3.93. The maximum Gasteiger partial charge on any atom is 0.283 e. The van der Waals surface area contributed by atoms with Crippen LogP contribution < -0.4 is 5.32 Å². The summed E-state index contributed by atoms with van der Waals surface area (Å²) < 4.78 is 29.0. The van der Waals surface area contributed by atoms with Gasteiger partial charge in [0.15, 0.2) is 0 Å². The molecule has 0 saturated carbocycles. The highest BCUT2D eigenvalue weighted by Crippen LogP contribution is 2.04. The Labute approximate surface area is 99.5 Å². The summed E-state index contributed by atoms with van der Waals surface area (Å²) in [5.41, 5.74) is 0.662. The van der Waals surface area contributed by atoms with Crippen molar-refractivity contribution in [3.8, 4) is 0 Å². The van der Waals surface area contributed by atoms with Gasteiger partial charge in [0.05, 0.1) is 6.33 Å². The average Bonchev–Trinajstić information content (AvgIpc) is 2.85. The molecule has 0 unspecified atom stereocenters. The Morgan fingerprint density at radius 2 is 2.00 bits per heavy atom. The van der Waals surface area contributed by atoms with Crippen LogP contribution in [0.4, 0.5) is 5.69 Å². The van der Waals surface area contributed by atoms with E-state index >= 15 is 0 Å². The van der Waals surface area contributed by atoms with E-state index in [1.54, 1.807) is 43.0 Å². The molecule has 7 heteroatoms. The van der Waals surface area contributed by atoms with Gasteiger partial charge in [-0.25, -0.2) is 4.98 Å². The summed E-state index contributed by atoms with van der Waals surface area (Å²) in [6.07, 6.45) is 5.08. The average molecular weight is 255 g/mol. The maximum absolute atomic E-state index is 10.3. The third kappa shape index (κ3) is 7.09. The number of nitrogens with one attached hydrogen (secondary N) is 2. The predicted octanol–water partition coefficient (Wildman–Crippen LogP) is 1.35. The fraction of sp³-hybridized carbons (Fsp3) is 0.100. The van der Waals surface area contributed by atoms with Crippen molar-refractivity contribution in [3.05, 3.63) is 49.1 Å². The highest BCUT2D eigenvalue weighted by molar-refractivity contribution is 7.85. The van der Waals surface area contributed by atoms with E-state index in [1.807, 2.05) is 6.07 Å². The lowest BCUT2D eigenvalue weighted by Gasteiger charge is -2.02. The molecule has 1 heterocycles. The zero-order valence-corrected chi connectivity index (χ0v) is 9.76. The predicted molar refractivity (Wildman–Crippen MR) is 65.1 cm³/mol. The zero-order chi connectivity index (χ0) is 12.6. The number of aromatic amines is 1. The van der Waals surface area contributed by atoms with E-state index in [4.69, 9.17) is 4.55 Å². The molecule has 0 amide bonds. The van der Waals surface area contributed by atoms with Crippen LogP contribution in [0.1, 0.15) is 0 Å². The quantitative estimate of drug-likeness (QED) is 0.720. The van der Waals surface area contributed by atoms with Crippen molar-refractivity contribution in [2.24, 2.45) is 0 Å². The van der Waals surface area contributed by atoms with Gasteiger partial charge >= 0.3 is 0 Å². The monoisotopic (exact) mass is 255 g/mol. The zero-order valence-electron chi connectivity index (χ0n) is 8.95. The molecule has 0 radical (unpaired) electrons. The second-order valence-electron chi connectivity index (χ2n) is 3.03. The van der Waals surface area contributed by atoms with Crippen LogP contribution in [0, 0.1) is 0 Å². The highest BCUT2D eigenvalue weighted by atomic mass is 32.2. The number of aromatic nitrogens is 2. The van der Waals surface area contributed by atoms with Gasteiger partial charge in [0.1, 0.15) is 5.88 Å². The smallest absolute Gasteiger partial charge is 0.283 e. The second kappa shape index (κ2) is 6.66. The number of imidazole rings is 1. The molecule has 0 aliphatic carbocycles. The van der Waals surface area contributed by atoms with E-state index in [0.29, 0.717) is 5.69 Å². The number of hydrogen-bond acceptors (Lipinski definition) is 4. The van der Waals surface area contributed by atoms with E-state index in [-0.39, 0.29) is 0 Å². The van der Waals surface area contributed by atoms with Gasteiger partial charge in [0, 0.05) is 18.1 Å². The standard InChI is InChI=1S/C7H9NO3S.C3H4N2/c9-12(10,11)6-8-7-4-2-1-3-5-7;1-2-5-3-4-1/h1-5,8H,6H2,(H,9,10,11);1-3H,(H,4,5). The number of hydrogen-bond donors (Lipinski definition) is 3. The minimum Gasteiger partial charge on any atom is -0.370 e. The lowest BCUT2D eigenvalue weighted by atomic mass is 10.3.